The van der Waals surface area contributed by atoms with E-state index in [1.165, 1.54) is 11.9 Å². The second-order valence-electron chi connectivity index (χ2n) is 8.65. The van der Waals surface area contributed by atoms with Crippen molar-refractivity contribution in [3.05, 3.63) is 35.4 Å². The van der Waals surface area contributed by atoms with Gasteiger partial charge in [-0.05, 0) is 36.3 Å². The molecular weight excluding hydrogens is 474 g/mol. The third-order valence-corrected chi connectivity index (χ3v) is 7.80. The molecule has 0 radical (unpaired) electrons. The number of aldehydes is 1. The maximum absolute atomic E-state index is 13.5. The number of carbonyl (C=O) groups is 6. The van der Waals surface area contributed by atoms with E-state index in [0.717, 1.165) is 21.1 Å². The molecule has 1 aromatic rings. The maximum Gasteiger partial charge on any atom is 0.358 e. The summed E-state index contributed by atoms with van der Waals surface area (Å²) in [5.74, 6) is -0.712. The Bertz CT molecular complexity index is 1120. The molecule has 2 fully saturated rings. The lowest BCUT2D eigenvalue weighted by molar-refractivity contribution is -0.155. The third-order valence-electron chi connectivity index (χ3n) is 6.07. The Morgan fingerprint density at radius 1 is 1.20 bits per heavy atom. The standard InChI is InChI=1S/C23H27N5O6S/c1-15(30)11-18(12-29)24-21(32)19-7-4-9-27-20(31)8-10-26(23(34)28(19)27)25-22(33)35-13-16-5-2-3-6-17(16)14-35/h2-3,5-6,12-13,18-19H,4,7-11,14H2,1H3,(H,24,32)(H,25,33)/t18-,19-,35?/m0/s1. The van der Waals surface area contributed by atoms with Crippen LogP contribution in [0.15, 0.2) is 24.3 Å². The minimum absolute atomic E-state index is 0.0180. The van der Waals surface area contributed by atoms with E-state index < -0.39 is 34.5 Å². The smallest absolute Gasteiger partial charge is 0.344 e. The summed E-state index contributed by atoms with van der Waals surface area (Å²) in [5, 5.41) is 7.41. The molecule has 35 heavy (non-hydrogen) atoms. The van der Waals surface area contributed by atoms with Gasteiger partial charge < -0.3 is 10.1 Å². The molecule has 1 aromatic carbocycles. The van der Waals surface area contributed by atoms with Crippen LogP contribution in [0.5, 0.6) is 0 Å². The Labute approximate surface area is 204 Å². The van der Waals surface area contributed by atoms with Gasteiger partial charge in [0.05, 0.1) is 12.6 Å². The Kier molecular flexibility index (Phi) is 7.29. The lowest BCUT2D eigenvalue weighted by Gasteiger charge is -2.43. The number of hydrogen-bond donors (Lipinski definition) is 2. The predicted molar refractivity (Wildman–Crippen MR) is 128 cm³/mol. The summed E-state index contributed by atoms with van der Waals surface area (Å²) >= 11 is 0. The number of amides is 5. The highest BCUT2D eigenvalue weighted by Crippen LogP contribution is 2.31. The average molecular weight is 502 g/mol. The molecule has 0 aromatic heterocycles. The van der Waals surface area contributed by atoms with Gasteiger partial charge >= 0.3 is 6.03 Å². The van der Waals surface area contributed by atoms with E-state index >= 15 is 0 Å². The van der Waals surface area contributed by atoms with Crippen LogP contribution in [0.4, 0.5) is 9.59 Å². The molecule has 0 saturated carbocycles. The molecule has 3 aliphatic rings. The molecular formula is C23H27N5O6S. The average Bonchev–Trinajstić information content (AvgIpc) is 3.24. The van der Waals surface area contributed by atoms with Gasteiger partial charge in [0.2, 0.25) is 11.8 Å². The van der Waals surface area contributed by atoms with Crippen molar-refractivity contribution in [1.29, 1.82) is 0 Å². The molecule has 3 atom stereocenters. The van der Waals surface area contributed by atoms with E-state index in [2.05, 4.69) is 10.7 Å². The van der Waals surface area contributed by atoms with E-state index in [-0.39, 0.29) is 49.3 Å². The van der Waals surface area contributed by atoms with Crippen molar-refractivity contribution in [1.82, 2.24) is 25.8 Å². The highest BCUT2D eigenvalue weighted by atomic mass is 32.2. The van der Waals surface area contributed by atoms with E-state index in [1.54, 1.807) is 0 Å². The van der Waals surface area contributed by atoms with Gasteiger partial charge in [-0.15, -0.1) is 0 Å². The van der Waals surface area contributed by atoms with Crippen molar-refractivity contribution in [3.63, 3.8) is 0 Å². The van der Waals surface area contributed by atoms with Gasteiger partial charge in [0.1, 0.15) is 18.1 Å². The van der Waals surface area contributed by atoms with Crippen LogP contribution < -0.4 is 10.7 Å². The fourth-order valence-corrected chi connectivity index (χ4v) is 6.05. The topological polar surface area (TPSA) is 136 Å². The molecule has 11 nitrogen and oxygen atoms in total. The van der Waals surface area contributed by atoms with Crippen molar-refractivity contribution in [2.45, 2.75) is 50.4 Å². The number of hydrogen-bond acceptors (Lipinski definition) is 6. The molecule has 3 heterocycles. The predicted octanol–water partition coefficient (Wildman–Crippen LogP) is 0.941. The summed E-state index contributed by atoms with van der Waals surface area (Å²) in [7, 11) is -0.778. The van der Waals surface area contributed by atoms with Gasteiger partial charge in [-0.25, -0.2) is 19.8 Å². The molecule has 1 unspecified atom stereocenters. The van der Waals surface area contributed by atoms with Crippen molar-refractivity contribution in [3.8, 4) is 0 Å². The fourth-order valence-electron chi connectivity index (χ4n) is 4.37. The van der Waals surface area contributed by atoms with Crippen LogP contribution in [-0.4, -0.2) is 80.7 Å². The minimum Gasteiger partial charge on any atom is -0.344 e. The first-order valence-corrected chi connectivity index (χ1v) is 12.8. The van der Waals surface area contributed by atoms with Crippen molar-refractivity contribution in [2.24, 2.45) is 0 Å². The highest BCUT2D eigenvalue weighted by Gasteiger charge is 2.44. The van der Waals surface area contributed by atoms with Gasteiger partial charge in [-0.3, -0.25) is 24.6 Å². The lowest BCUT2D eigenvalue weighted by Crippen LogP contribution is -2.64. The number of rotatable bonds is 6. The van der Waals surface area contributed by atoms with Crippen LogP contribution in [0.2, 0.25) is 0 Å². The first-order chi connectivity index (χ1) is 16.8. The number of urea groups is 1. The largest absolute Gasteiger partial charge is 0.358 e. The Hall–Kier alpha value is -3.54. The number of nitrogens with one attached hydrogen (secondary N) is 2. The number of ketones is 1. The SMILES string of the molecule is CC(=O)C[C@@H](C=O)NC(=O)[C@@H]1CCCN2C(=O)CCN(NC(=O)S3=Cc4ccccc4C3)C(=O)N12. The molecule has 3 aliphatic heterocycles. The van der Waals surface area contributed by atoms with Crippen LogP contribution in [0, 0.1) is 0 Å². The molecule has 2 N–H and O–H groups in total. The first-order valence-electron chi connectivity index (χ1n) is 11.4. The summed E-state index contributed by atoms with van der Waals surface area (Å²) < 4.78 is 0. The van der Waals surface area contributed by atoms with E-state index in [1.807, 2.05) is 29.6 Å². The molecule has 186 valence electrons. The molecule has 5 amide bonds. The molecule has 4 rings (SSSR count). The number of benzene rings is 1. The Morgan fingerprint density at radius 2 is 1.97 bits per heavy atom. The number of nitrogens with zero attached hydrogens (tertiary/aromatic N) is 3. The monoisotopic (exact) mass is 501 g/mol. The van der Waals surface area contributed by atoms with Gasteiger partial charge in [0.25, 0.3) is 5.24 Å². The summed E-state index contributed by atoms with van der Waals surface area (Å²) in [6.45, 7) is 1.54. The fraction of sp³-hybridized carbons (Fsp3) is 0.435. The third kappa shape index (κ3) is 5.26. The first kappa shape index (κ1) is 24.6. The van der Waals surface area contributed by atoms with Crippen LogP contribution >= 0.6 is 10.5 Å². The van der Waals surface area contributed by atoms with E-state index in [4.69, 9.17) is 0 Å². The summed E-state index contributed by atoms with van der Waals surface area (Å²) in [4.78, 5) is 75.0. The maximum atomic E-state index is 13.5. The number of fused-ring (bicyclic) bond motifs is 2. The highest BCUT2D eigenvalue weighted by molar-refractivity contribution is 8.27. The summed E-state index contributed by atoms with van der Waals surface area (Å²) in [5.41, 5.74) is 4.69. The Balaban J connectivity index is 1.51. The zero-order valence-corrected chi connectivity index (χ0v) is 20.1. The Morgan fingerprint density at radius 3 is 2.69 bits per heavy atom. The van der Waals surface area contributed by atoms with Gasteiger partial charge in [-0.2, -0.15) is 0 Å². The number of Topliss-reactive ketones (excluding diaryl/α,β-unsaturated/α-hetero) is 1. The number of carbonyl (C=O) groups excluding carboxylic acids is 6. The molecule has 2 saturated heterocycles. The quantitative estimate of drug-likeness (QED) is 0.440. The minimum atomic E-state index is -1.06. The van der Waals surface area contributed by atoms with Gasteiger partial charge in [0.15, 0.2) is 0 Å². The van der Waals surface area contributed by atoms with Crippen LogP contribution in [0.1, 0.15) is 43.7 Å². The van der Waals surface area contributed by atoms with Crippen molar-refractivity contribution >= 4 is 51.0 Å². The molecule has 0 bridgehead atoms. The zero-order valence-electron chi connectivity index (χ0n) is 19.3. The summed E-state index contributed by atoms with van der Waals surface area (Å²) in [6, 6.07) is 4.91. The van der Waals surface area contributed by atoms with Gasteiger partial charge in [0, 0.05) is 25.1 Å². The number of hydrazine groups is 2. The van der Waals surface area contributed by atoms with E-state index in [0.29, 0.717) is 18.5 Å². The normalized spacial score (nSPS) is 22.4. The lowest BCUT2D eigenvalue weighted by atomic mass is 10.1. The molecule has 0 spiro atoms. The molecule has 0 aliphatic carbocycles. The van der Waals surface area contributed by atoms with Crippen LogP contribution in [0.3, 0.4) is 0 Å². The van der Waals surface area contributed by atoms with E-state index in [9.17, 15) is 28.8 Å². The second kappa shape index (κ2) is 10.4. The van der Waals surface area contributed by atoms with Crippen LogP contribution in [0.25, 0.3) is 0 Å². The van der Waals surface area contributed by atoms with Crippen LogP contribution in [-0.2, 0) is 24.9 Å². The molecule has 12 heteroatoms. The van der Waals surface area contributed by atoms with Gasteiger partial charge in [-0.1, -0.05) is 34.7 Å². The van der Waals surface area contributed by atoms with Crippen molar-refractivity contribution < 1.29 is 28.8 Å². The zero-order chi connectivity index (χ0) is 25.1. The van der Waals surface area contributed by atoms with Crippen molar-refractivity contribution in [2.75, 3.05) is 13.1 Å². The summed E-state index contributed by atoms with van der Waals surface area (Å²) in [6.07, 6.45) is 1.04. The second-order valence-corrected chi connectivity index (χ2v) is 10.4.